The van der Waals surface area contributed by atoms with E-state index in [1.807, 2.05) is 6.08 Å². The summed E-state index contributed by atoms with van der Waals surface area (Å²) in [5.41, 5.74) is 0. The molecule has 1 nitrogen and oxygen atoms in total. The van der Waals surface area contributed by atoms with Gasteiger partial charge in [0.25, 0.3) is 0 Å². The molecule has 0 saturated heterocycles. The minimum absolute atomic E-state index is 0.211. The molecule has 52 valence electrons. The molecule has 0 heterocycles. The molecule has 0 aliphatic heterocycles. The lowest BCUT2D eigenvalue weighted by Crippen LogP contribution is -1.79. The van der Waals surface area contributed by atoms with Crippen LogP contribution in [0.25, 0.3) is 0 Å². The van der Waals surface area contributed by atoms with E-state index in [0.29, 0.717) is 12.3 Å². The second-order valence-electron chi connectivity index (χ2n) is 2.38. The Bertz CT molecular complexity index is 116. The van der Waals surface area contributed by atoms with Crippen LogP contribution in [-0.2, 0) is 0 Å². The van der Waals surface area contributed by atoms with Gasteiger partial charge in [-0.25, -0.2) is 0 Å². The Morgan fingerprint density at radius 3 is 2.78 bits per heavy atom. The van der Waals surface area contributed by atoms with Gasteiger partial charge >= 0.3 is 0 Å². The van der Waals surface area contributed by atoms with E-state index in [2.05, 4.69) is 0 Å². The predicted molar refractivity (Wildman–Crippen MR) is 38.4 cm³/mol. The molecule has 0 unspecified atom stereocenters. The standard InChI is InChI=1S/C7H11ClO/c8-7(2-1-5-9)6-3-4-6/h2,6,9H,1,3-5H2. The molecule has 9 heavy (non-hydrogen) atoms. The Morgan fingerprint density at radius 1 is 1.67 bits per heavy atom. The van der Waals surface area contributed by atoms with Crippen molar-refractivity contribution in [2.45, 2.75) is 19.3 Å². The van der Waals surface area contributed by atoms with Crippen molar-refractivity contribution in [3.05, 3.63) is 11.1 Å². The van der Waals surface area contributed by atoms with Crippen molar-refractivity contribution in [1.29, 1.82) is 0 Å². The molecule has 0 amide bonds. The van der Waals surface area contributed by atoms with Crippen molar-refractivity contribution in [3.8, 4) is 0 Å². The van der Waals surface area contributed by atoms with Crippen LogP contribution in [-0.4, -0.2) is 11.7 Å². The summed E-state index contributed by atoms with van der Waals surface area (Å²) in [4.78, 5) is 0. The van der Waals surface area contributed by atoms with Gasteiger partial charge in [-0.15, -0.1) is 0 Å². The van der Waals surface area contributed by atoms with Gasteiger partial charge in [0.15, 0.2) is 0 Å². The lowest BCUT2D eigenvalue weighted by molar-refractivity contribution is 0.302. The van der Waals surface area contributed by atoms with Crippen molar-refractivity contribution < 1.29 is 5.11 Å². The minimum Gasteiger partial charge on any atom is -0.396 e. The van der Waals surface area contributed by atoms with Crippen LogP contribution in [0.2, 0.25) is 0 Å². The summed E-state index contributed by atoms with van der Waals surface area (Å²) in [7, 11) is 0. The lowest BCUT2D eigenvalue weighted by atomic mass is 10.3. The molecule has 0 spiro atoms. The molecule has 2 heteroatoms. The van der Waals surface area contributed by atoms with Crippen LogP contribution in [0.1, 0.15) is 19.3 Å². The number of hydrogen-bond donors (Lipinski definition) is 1. The highest BCUT2D eigenvalue weighted by atomic mass is 35.5. The van der Waals surface area contributed by atoms with Crippen LogP contribution in [0.4, 0.5) is 0 Å². The van der Waals surface area contributed by atoms with Crippen molar-refractivity contribution in [1.82, 2.24) is 0 Å². The highest BCUT2D eigenvalue weighted by molar-refractivity contribution is 6.30. The maximum absolute atomic E-state index is 8.41. The average Bonchev–Trinajstić information content (AvgIpc) is 2.63. The van der Waals surface area contributed by atoms with Crippen LogP contribution in [0.5, 0.6) is 0 Å². The maximum atomic E-state index is 8.41. The largest absolute Gasteiger partial charge is 0.396 e. The van der Waals surface area contributed by atoms with Gasteiger partial charge in [0, 0.05) is 11.6 Å². The van der Waals surface area contributed by atoms with E-state index in [-0.39, 0.29) is 6.61 Å². The Balaban J connectivity index is 2.20. The molecule has 1 N–H and O–H groups in total. The zero-order valence-corrected chi connectivity index (χ0v) is 6.06. The van der Waals surface area contributed by atoms with Gasteiger partial charge in [-0.2, -0.15) is 0 Å². The third-order valence-corrected chi connectivity index (χ3v) is 1.90. The van der Waals surface area contributed by atoms with Crippen molar-refractivity contribution in [2.75, 3.05) is 6.61 Å². The molecule has 1 rings (SSSR count). The van der Waals surface area contributed by atoms with E-state index in [9.17, 15) is 0 Å². The fourth-order valence-corrected chi connectivity index (χ4v) is 1.06. The zero-order chi connectivity index (χ0) is 6.69. The van der Waals surface area contributed by atoms with Crippen LogP contribution >= 0.6 is 11.6 Å². The summed E-state index contributed by atoms with van der Waals surface area (Å²) in [5, 5.41) is 9.36. The maximum Gasteiger partial charge on any atom is 0.0466 e. The first kappa shape index (κ1) is 7.10. The Morgan fingerprint density at radius 2 is 2.33 bits per heavy atom. The first-order chi connectivity index (χ1) is 4.34. The van der Waals surface area contributed by atoms with Gasteiger partial charge in [-0.1, -0.05) is 17.7 Å². The van der Waals surface area contributed by atoms with E-state index in [1.54, 1.807) is 0 Å². The number of hydrogen-bond acceptors (Lipinski definition) is 1. The second kappa shape index (κ2) is 3.23. The van der Waals surface area contributed by atoms with Crippen LogP contribution in [0.15, 0.2) is 11.1 Å². The van der Waals surface area contributed by atoms with Crippen molar-refractivity contribution >= 4 is 11.6 Å². The fraction of sp³-hybridized carbons (Fsp3) is 0.714. The van der Waals surface area contributed by atoms with Gasteiger partial charge < -0.3 is 5.11 Å². The number of aliphatic hydroxyl groups excluding tert-OH is 1. The fourth-order valence-electron chi connectivity index (χ4n) is 0.728. The SMILES string of the molecule is OCCC=C(Cl)C1CC1. The predicted octanol–water partition coefficient (Wildman–Crippen LogP) is 1.90. The Hall–Kier alpha value is -0.0100. The van der Waals surface area contributed by atoms with Crippen molar-refractivity contribution in [2.24, 2.45) is 5.92 Å². The Kier molecular flexibility index (Phi) is 2.55. The summed E-state index contributed by atoms with van der Waals surface area (Å²) >= 11 is 5.81. The number of halogens is 1. The van der Waals surface area contributed by atoms with E-state index < -0.39 is 0 Å². The third-order valence-electron chi connectivity index (χ3n) is 1.44. The Labute approximate surface area is 60.3 Å². The monoisotopic (exact) mass is 146 g/mol. The smallest absolute Gasteiger partial charge is 0.0466 e. The molecule has 0 aromatic rings. The van der Waals surface area contributed by atoms with E-state index in [4.69, 9.17) is 16.7 Å². The van der Waals surface area contributed by atoms with E-state index >= 15 is 0 Å². The van der Waals surface area contributed by atoms with Crippen LogP contribution in [0, 0.1) is 5.92 Å². The summed E-state index contributed by atoms with van der Waals surface area (Å²) in [6.07, 6.45) is 5.09. The molecule has 0 aromatic carbocycles. The molecular formula is C7H11ClO. The topological polar surface area (TPSA) is 20.2 Å². The summed E-state index contributed by atoms with van der Waals surface area (Å²) in [5.74, 6) is 0.637. The summed E-state index contributed by atoms with van der Waals surface area (Å²) in [6.45, 7) is 0.211. The van der Waals surface area contributed by atoms with Gasteiger partial charge in [0.1, 0.15) is 0 Å². The highest BCUT2D eigenvalue weighted by Gasteiger charge is 2.23. The number of rotatable bonds is 3. The van der Waals surface area contributed by atoms with E-state index in [1.165, 1.54) is 12.8 Å². The second-order valence-corrected chi connectivity index (χ2v) is 2.81. The van der Waals surface area contributed by atoms with Gasteiger partial charge in [0.2, 0.25) is 0 Å². The molecule has 0 atom stereocenters. The van der Waals surface area contributed by atoms with Gasteiger partial charge in [-0.3, -0.25) is 0 Å². The average molecular weight is 147 g/mol. The van der Waals surface area contributed by atoms with Crippen LogP contribution < -0.4 is 0 Å². The number of allylic oxidation sites excluding steroid dienone is 1. The molecule has 1 saturated carbocycles. The molecule has 1 fully saturated rings. The summed E-state index contributed by atoms with van der Waals surface area (Å²) < 4.78 is 0. The van der Waals surface area contributed by atoms with E-state index in [0.717, 1.165) is 5.03 Å². The summed E-state index contributed by atoms with van der Waals surface area (Å²) in [6, 6.07) is 0. The molecule has 0 bridgehead atoms. The van der Waals surface area contributed by atoms with Gasteiger partial charge in [-0.05, 0) is 25.2 Å². The third kappa shape index (κ3) is 2.37. The normalized spacial score (nSPS) is 20.4. The quantitative estimate of drug-likeness (QED) is 0.645. The van der Waals surface area contributed by atoms with Gasteiger partial charge in [0.05, 0.1) is 0 Å². The molecule has 1 aliphatic carbocycles. The lowest BCUT2D eigenvalue weighted by Gasteiger charge is -1.90. The number of aliphatic hydroxyl groups is 1. The highest BCUT2D eigenvalue weighted by Crippen LogP contribution is 2.38. The molecule has 1 aliphatic rings. The molecule has 0 aromatic heterocycles. The first-order valence-electron chi connectivity index (χ1n) is 3.31. The first-order valence-corrected chi connectivity index (χ1v) is 3.69. The minimum atomic E-state index is 0.211. The van der Waals surface area contributed by atoms with Crippen LogP contribution in [0.3, 0.4) is 0 Å². The molecule has 0 radical (unpaired) electrons. The van der Waals surface area contributed by atoms with Crippen molar-refractivity contribution in [3.63, 3.8) is 0 Å². The molecular weight excluding hydrogens is 136 g/mol. The zero-order valence-electron chi connectivity index (χ0n) is 5.31.